The molecule has 0 radical (unpaired) electrons. The molecule has 0 aliphatic heterocycles. The average Bonchev–Trinajstić information content (AvgIpc) is 2.58. The van der Waals surface area contributed by atoms with Crippen LogP contribution in [-0.4, -0.2) is 25.8 Å². The zero-order valence-electron chi connectivity index (χ0n) is 8.21. The summed E-state index contributed by atoms with van der Waals surface area (Å²) in [4.78, 5) is 20.5. The van der Waals surface area contributed by atoms with Crippen LogP contribution in [0.1, 0.15) is 30.3 Å². The molecule has 1 aromatic heterocycles. The van der Waals surface area contributed by atoms with Crippen LogP contribution in [0.15, 0.2) is 6.07 Å². The standard InChI is InChI=1S/C8H11N3O4/c1-2-3-4-10-7(11(14)15)5-6(9-10)8(12)13/h5H,2-4H2,1H3,(H,12,13). The van der Waals surface area contributed by atoms with E-state index in [1.807, 2.05) is 6.92 Å². The minimum Gasteiger partial charge on any atom is -0.476 e. The van der Waals surface area contributed by atoms with E-state index in [2.05, 4.69) is 5.10 Å². The molecule has 0 aliphatic rings. The number of carboxylic acid groups (broad SMARTS) is 1. The quantitative estimate of drug-likeness (QED) is 0.586. The Morgan fingerprint density at radius 1 is 1.73 bits per heavy atom. The molecule has 0 spiro atoms. The number of unbranched alkanes of at least 4 members (excludes halogenated alkanes) is 1. The predicted molar refractivity (Wildman–Crippen MR) is 50.7 cm³/mol. The SMILES string of the molecule is CCCCn1nc(C(=O)O)cc1[N+](=O)[O-]. The van der Waals surface area contributed by atoms with Crippen molar-refractivity contribution >= 4 is 11.8 Å². The highest BCUT2D eigenvalue weighted by atomic mass is 16.6. The molecule has 0 aromatic carbocycles. The minimum atomic E-state index is -1.26. The van der Waals surface area contributed by atoms with E-state index < -0.39 is 10.9 Å². The van der Waals surface area contributed by atoms with Crippen LogP contribution in [0.25, 0.3) is 0 Å². The summed E-state index contributed by atoms with van der Waals surface area (Å²) in [5.74, 6) is -1.53. The second-order valence-corrected chi connectivity index (χ2v) is 3.03. The molecule has 0 bridgehead atoms. The number of hydrogen-bond donors (Lipinski definition) is 1. The van der Waals surface area contributed by atoms with E-state index in [1.165, 1.54) is 0 Å². The maximum atomic E-state index is 10.6. The predicted octanol–water partition coefficient (Wildman–Crippen LogP) is 1.29. The van der Waals surface area contributed by atoms with Crippen LogP contribution in [0.2, 0.25) is 0 Å². The third-order valence-electron chi connectivity index (χ3n) is 1.89. The van der Waals surface area contributed by atoms with Crippen molar-refractivity contribution in [3.63, 3.8) is 0 Å². The van der Waals surface area contributed by atoms with E-state index in [4.69, 9.17) is 5.11 Å². The highest BCUT2D eigenvalue weighted by Crippen LogP contribution is 2.14. The van der Waals surface area contributed by atoms with E-state index in [-0.39, 0.29) is 11.5 Å². The van der Waals surface area contributed by atoms with Gasteiger partial charge in [0.2, 0.25) is 0 Å². The van der Waals surface area contributed by atoms with Crippen molar-refractivity contribution in [3.05, 3.63) is 21.9 Å². The fraction of sp³-hybridized carbons (Fsp3) is 0.500. The van der Waals surface area contributed by atoms with Crippen molar-refractivity contribution < 1.29 is 14.8 Å². The third kappa shape index (κ3) is 2.52. The van der Waals surface area contributed by atoms with Crippen molar-refractivity contribution in [1.82, 2.24) is 9.78 Å². The van der Waals surface area contributed by atoms with Gasteiger partial charge in [-0.05, 0) is 11.3 Å². The summed E-state index contributed by atoms with van der Waals surface area (Å²) < 4.78 is 1.12. The number of rotatable bonds is 5. The third-order valence-corrected chi connectivity index (χ3v) is 1.89. The van der Waals surface area contributed by atoms with Gasteiger partial charge in [0.05, 0.1) is 6.07 Å². The van der Waals surface area contributed by atoms with Crippen LogP contribution in [0.3, 0.4) is 0 Å². The molecular weight excluding hydrogens is 202 g/mol. The van der Waals surface area contributed by atoms with Crippen LogP contribution in [-0.2, 0) is 6.54 Å². The molecule has 1 heterocycles. The molecular formula is C8H11N3O4. The van der Waals surface area contributed by atoms with Crippen molar-refractivity contribution in [2.45, 2.75) is 26.3 Å². The number of nitrogens with zero attached hydrogens (tertiary/aromatic N) is 3. The lowest BCUT2D eigenvalue weighted by atomic mass is 10.3. The van der Waals surface area contributed by atoms with E-state index in [1.54, 1.807) is 0 Å². The minimum absolute atomic E-state index is 0.277. The second kappa shape index (κ2) is 4.54. The van der Waals surface area contributed by atoms with Gasteiger partial charge in [-0.1, -0.05) is 18.4 Å². The molecule has 0 fully saturated rings. The summed E-state index contributed by atoms with van der Waals surface area (Å²) in [6, 6.07) is 0.970. The molecule has 0 unspecified atom stereocenters. The first-order chi connectivity index (χ1) is 7.06. The van der Waals surface area contributed by atoms with E-state index in [0.29, 0.717) is 6.54 Å². The molecule has 82 valence electrons. The van der Waals surface area contributed by atoms with Gasteiger partial charge in [-0.3, -0.25) is 0 Å². The number of hydrogen-bond acceptors (Lipinski definition) is 4. The van der Waals surface area contributed by atoms with E-state index in [0.717, 1.165) is 23.6 Å². The molecule has 1 rings (SSSR count). The molecule has 0 saturated heterocycles. The van der Waals surface area contributed by atoms with Gasteiger partial charge < -0.3 is 15.2 Å². The zero-order chi connectivity index (χ0) is 11.4. The summed E-state index contributed by atoms with van der Waals surface area (Å²) in [7, 11) is 0. The van der Waals surface area contributed by atoms with E-state index in [9.17, 15) is 14.9 Å². The van der Waals surface area contributed by atoms with E-state index >= 15 is 0 Å². The first-order valence-electron chi connectivity index (χ1n) is 4.51. The van der Waals surface area contributed by atoms with Gasteiger partial charge in [0.25, 0.3) is 0 Å². The monoisotopic (exact) mass is 213 g/mol. The number of aryl methyl sites for hydroxylation is 1. The molecule has 0 amide bonds. The number of carbonyl (C=O) groups is 1. The molecule has 0 aliphatic carbocycles. The zero-order valence-corrected chi connectivity index (χ0v) is 8.21. The lowest BCUT2D eigenvalue weighted by Gasteiger charge is -1.96. The van der Waals surface area contributed by atoms with Crippen molar-refractivity contribution in [2.24, 2.45) is 0 Å². The molecule has 0 atom stereocenters. The smallest absolute Gasteiger partial charge is 0.358 e. The highest BCUT2D eigenvalue weighted by Gasteiger charge is 2.21. The van der Waals surface area contributed by atoms with Gasteiger partial charge in [0.1, 0.15) is 6.54 Å². The van der Waals surface area contributed by atoms with Crippen molar-refractivity contribution in [1.29, 1.82) is 0 Å². The maximum absolute atomic E-state index is 10.6. The fourth-order valence-corrected chi connectivity index (χ4v) is 1.13. The summed E-state index contributed by atoms with van der Waals surface area (Å²) in [5, 5.41) is 22.8. The van der Waals surface area contributed by atoms with Crippen molar-refractivity contribution in [2.75, 3.05) is 0 Å². The molecule has 7 nitrogen and oxygen atoms in total. The summed E-state index contributed by atoms with van der Waals surface area (Å²) >= 11 is 0. The lowest BCUT2D eigenvalue weighted by molar-refractivity contribution is -0.392. The Kier molecular flexibility index (Phi) is 3.37. The topological polar surface area (TPSA) is 98.3 Å². The first-order valence-corrected chi connectivity index (χ1v) is 4.51. The van der Waals surface area contributed by atoms with Gasteiger partial charge in [-0.15, -0.1) is 4.68 Å². The highest BCUT2D eigenvalue weighted by molar-refractivity contribution is 5.85. The normalized spacial score (nSPS) is 10.2. The number of carboxylic acids is 1. The Labute approximate surface area is 85.5 Å². The molecule has 15 heavy (non-hydrogen) atoms. The average molecular weight is 213 g/mol. The second-order valence-electron chi connectivity index (χ2n) is 3.03. The molecule has 1 aromatic rings. The Morgan fingerprint density at radius 2 is 2.40 bits per heavy atom. The number of aromatic carboxylic acids is 1. The van der Waals surface area contributed by atoms with Crippen LogP contribution >= 0.6 is 0 Å². The van der Waals surface area contributed by atoms with Crippen LogP contribution in [0.4, 0.5) is 5.82 Å². The van der Waals surface area contributed by atoms with Gasteiger partial charge in [0, 0.05) is 0 Å². The Bertz CT molecular complexity index is 385. The van der Waals surface area contributed by atoms with Crippen molar-refractivity contribution in [3.8, 4) is 0 Å². The van der Waals surface area contributed by atoms with Gasteiger partial charge >= 0.3 is 11.8 Å². The maximum Gasteiger partial charge on any atom is 0.358 e. The number of aromatic nitrogens is 2. The summed E-state index contributed by atoms with van der Waals surface area (Å²) in [6.45, 7) is 2.30. The van der Waals surface area contributed by atoms with Gasteiger partial charge in [-0.25, -0.2) is 4.79 Å². The largest absolute Gasteiger partial charge is 0.476 e. The number of nitro groups is 1. The molecule has 7 heteroatoms. The molecule has 1 N–H and O–H groups in total. The molecule has 0 saturated carbocycles. The fourth-order valence-electron chi connectivity index (χ4n) is 1.13. The van der Waals surface area contributed by atoms with Crippen LogP contribution in [0, 0.1) is 10.1 Å². The van der Waals surface area contributed by atoms with Crippen LogP contribution in [0.5, 0.6) is 0 Å². The Balaban J connectivity index is 3.00. The lowest BCUT2D eigenvalue weighted by Crippen LogP contribution is -2.06. The summed E-state index contributed by atoms with van der Waals surface area (Å²) in [6.07, 6.45) is 1.58. The van der Waals surface area contributed by atoms with Gasteiger partial charge in [-0.2, -0.15) is 0 Å². The Hall–Kier alpha value is -1.92. The Morgan fingerprint density at radius 3 is 2.87 bits per heavy atom. The first kappa shape index (κ1) is 11.2. The van der Waals surface area contributed by atoms with Gasteiger partial charge in [0.15, 0.2) is 5.69 Å². The summed E-state index contributed by atoms with van der Waals surface area (Å²) in [5.41, 5.74) is -0.294. The van der Waals surface area contributed by atoms with Crippen LogP contribution < -0.4 is 0 Å².